The molecule has 10 heavy (non-hydrogen) atoms. The average molecular weight is 136 g/mol. The number of hydrogen-bond donors (Lipinski definition) is 1. The van der Waals surface area contributed by atoms with Gasteiger partial charge in [0.05, 0.1) is 0 Å². The summed E-state index contributed by atoms with van der Waals surface area (Å²) in [6.45, 7) is 0. The van der Waals surface area contributed by atoms with Crippen LogP contribution in [0.3, 0.4) is 0 Å². The van der Waals surface area contributed by atoms with Gasteiger partial charge >= 0.3 is 0 Å². The van der Waals surface area contributed by atoms with Gasteiger partial charge in [0.2, 0.25) is 5.88 Å². The van der Waals surface area contributed by atoms with E-state index in [4.69, 9.17) is 5.11 Å². The molecule has 0 radical (unpaired) electrons. The Morgan fingerprint density at radius 2 is 2.40 bits per heavy atom. The van der Waals surface area contributed by atoms with Crippen molar-refractivity contribution < 1.29 is 5.11 Å². The van der Waals surface area contributed by atoms with E-state index in [1.54, 1.807) is 10.6 Å². The lowest BCUT2D eigenvalue weighted by atomic mass is 10.6. The molecule has 0 spiro atoms. The molecule has 2 rings (SSSR count). The topological polar surface area (TPSA) is 63.3 Å². The summed E-state index contributed by atoms with van der Waals surface area (Å²) in [5, 5.41) is 16.1. The first kappa shape index (κ1) is 5.16. The maximum Gasteiger partial charge on any atom is 0.258 e. The van der Waals surface area contributed by atoms with Crippen molar-refractivity contribution in [3.8, 4) is 5.88 Å². The van der Waals surface area contributed by atoms with Crippen LogP contribution < -0.4 is 0 Å². The molecule has 5 nitrogen and oxygen atoms in total. The summed E-state index contributed by atoms with van der Waals surface area (Å²) in [6.07, 6.45) is 3.15. The van der Waals surface area contributed by atoms with E-state index in [0.29, 0.717) is 5.78 Å². The van der Waals surface area contributed by atoms with Crippen molar-refractivity contribution in [1.82, 2.24) is 19.6 Å². The molecule has 2 aromatic heterocycles. The molecule has 0 saturated heterocycles. The molecule has 0 aliphatic heterocycles. The summed E-state index contributed by atoms with van der Waals surface area (Å²) < 4.78 is 1.61. The molecule has 0 unspecified atom stereocenters. The Morgan fingerprint density at radius 1 is 1.50 bits per heavy atom. The molecule has 0 aliphatic carbocycles. The van der Waals surface area contributed by atoms with Crippen LogP contribution in [-0.4, -0.2) is 24.7 Å². The number of rotatable bonds is 0. The maximum absolute atomic E-state index is 8.86. The normalized spacial score (nSPS) is 10.4. The summed E-state index contributed by atoms with van der Waals surface area (Å²) in [4.78, 5) is 3.68. The fraction of sp³-hybridized carbons (Fsp3) is 0. The van der Waals surface area contributed by atoms with Crippen molar-refractivity contribution in [2.45, 2.75) is 0 Å². The Hall–Kier alpha value is -1.65. The second kappa shape index (κ2) is 1.66. The third-order valence-corrected chi connectivity index (χ3v) is 1.15. The van der Waals surface area contributed by atoms with E-state index in [0.717, 1.165) is 0 Å². The number of fused-ring (bicyclic) bond motifs is 1. The fourth-order valence-electron chi connectivity index (χ4n) is 0.708. The van der Waals surface area contributed by atoms with Crippen LogP contribution in [0.2, 0.25) is 0 Å². The second-order valence-corrected chi connectivity index (χ2v) is 1.82. The van der Waals surface area contributed by atoms with Crippen molar-refractivity contribution >= 4 is 5.78 Å². The third kappa shape index (κ3) is 0.604. The van der Waals surface area contributed by atoms with Crippen LogP contribution in [0.1, 0.15) is 0 Å². The van der Waals surface area contributed by atoms with Gasteiger partial charge in [-0.15, -0.1) is 10.2 Å². The first-order valence-electron chi connectivity index (χ1n) is 2.71. The number of nitrogens with zero attached hydrogens (tertiary/aromatic N) is 4. The van der Waals surface area contributed by atoms with Gasteiger partial charge in [0.1, 0.15) is 6.33 Å². The maximum atomic E-state index is 8.86. The molecule has 0 aliphatic rings. The monoisotopic (exact) mass is 136 g/mol. The Balaban J connectivity index is 2.86. The van der Waals surface area contributed by atoms with Gasteiger partial charge in [-0.1, -0.05) is 0 Å². The quantitative estimate of drug-likeness (QED) is 0.546. The molecule has 0 atom stereocenters. The van der Waals surface area contributed by atoms with Gasteiger partial charge < -0.3 is 5.11 Å². The molecule has 5 heteroatoms. The van der Waals surface area contributed by atoms with Gasteiger partial charge in [-0.25, -0.2) is 0 Å². The molecular formula is C5H4N4O. The van der Waals surface area contributed by atoms with Crippen LogP contribution in [0.5, 0.6) is 5.88 Å². The highest BCUT2D eigenvalue weighted by molar-refractivity contribution is 5.27. The second-order valence-electron chi connectivity index (χ2n) is 1.82. The molecule has 2 aromatic rings. The molecule has 0 saturated carbocycles. The van der Waals surface area contributed by atoms with Crippen molar-refractivity contribution in [2.75, 3.05) is 0 Å². The molecule has 2 heterocycles. The molecule has 0 bridgehead atoms. The van der Waals surface area contributed by atoms with Crippen molar-refractivity contribution in [3.05, 3.63) is 18.6 Å². The molecule has 0 amide bonds. The lowest BCUT2D eigenvalue weighted by Gasteiger charge is -1.89. The minimum absolute atomic E-state index is 0.0412. The average Bonchev–Trinajstić information content (AvgIpc) is 2.33. The first-order chi connectivity index (χ1) is 4.86. The van der Waals surface area contributed by atoms with Gasteiger partial charge in [0, 0.05) is 12.3 Å². The van der Waals surface area contributed by atoms with E-state index < -0.39 is 0 Å². The van der Waals surface area contributed by atoms with Crippen LogP contribution in [0, 0.1) is 0 Å². The van der Waals surface area contributed by atoms with Gasteiger partial charge in [-0.3, -0.25) is 4.40 Å². The Bertz CT molecular complexity index is 355. The summed E-state index contributed by atoms with van der Waals surface area (Å²) in [5.74, 6) is 0.362. The Kier molecular flexibility index (Phi) is 0.858. The fourth-order valence-corrected chi connectivity index (χ4v) is 0.708. The SMILES string of the molecule is Oc1ccn2cnnc2n1. The molecule has 50 valence electrons. The van der Waals surface area contributed by atoms with Gasteiger partial charge in [-0.2, -0.15) is 4.98 Å². The summed E-state index contributed by atoms with van der Waals surface area (Å²) in [7, 11) is 0. The van der Waals surface area contributed by atoms with Crippen molar-refractivity contribution in [3.63, 3.8) is 0 Å². The lowest BCUT2D eigenvalue weighted by Crippen LogP contribution is -1.84. The van der Waals surface area contributed by atoms with E-state index in [1.165, 1.54) is 12.4 Å². The predicted molar refractivity (Wildman–Crippen MR) is 32.4 cm³/mol. The summed E-state index contributed by atoms with van der Waals surface area (Å²) in [5.41, 5.74) is 0. The predicted octanol–water partition coefficient (Wildman–Crippen LogP) is -0.170. The van der Waals surface area contributed by atoms with Crippen molar-refractivity contribution in [1.29, 1.82) is 0 Å². The molecular weight excluding hydrogens is 132 g/mol. The number of hydrogen-bond acceptors (Lipinski definition) is 4. The van der Waals surface area contributed by atoms with E-state index in [9.17, 15) is 0 Å². The molecule has 0 aromatic carbocycles. The zero-order valence-corrected chi connectivity index (χ0v) is 4.97. The van der Waals surface area contributed by atoms with Crippen LogP contribution in [0.25, 0.3) is 5.78 Å². The van der Waals surface area contributed by atoms with E-state index in [1.807, 2.05) is 0 Å². The van der Waals surface area contributed by atoms with Crippen LogP contribution in [-0.2, 0) is 0 Å². The highest BCUT2D eigenvalue weighted by Crippen LogP contribution is 2.02. The van der Waals surface area contributed by atoms with E-state index in [2.05, 4.69) is 15.2 Å². The summed E-state index contributed by atoms with van der Waals surface area (Å²) >= 11 is 0. The highest BCUT2D eigenvalue weighted by Gasteiger charge is 1.95. The number of aromatic hydroxyl groups is 1. The van der Waals surface area contributed by atoms with E-state index >= 15 is 0 Å². The zero-order chi connectivity index (χ0) is 6.97. The van der Waals surface area contributed by atoms with Gasteiger partial charge in [-0.05, 0) is 0 Å². The summed E-state index contributed by atoms with van der Waals surface area (Å²) in [6, 6.07) is 1.47. The molecule has 0 fully saturated rings. The van der Waals surface area contributed by atoms with Gasteiger partial charge in [0.15, 0.2) is 0 Å². The Morgan fingerprint density at radius 3 is 3.30 bits per heavy atom. The largest absolute Gasteiger partial charge is 0.493 e. The minimum atomic E-state index is -0.0412. The van der Waals surface area contributed by atoms with Crippen LogP contribution in [0.15, 0.2) is 18.6 Å². The Labute approximate surface area is 56.0 Å². The van der Waals surface area contributed by atoms with Crippen molar-refractivity contribution in [2.24, 2.45) is 0 Å². The zero-order valence-electron chi connectivity index (χ0n) is 4.97. The highest BCUT2D eigenvalue weighted by atomic mass is 16.3. The van der Waals surface area contributed by atoms with Crippen LogP contribution >= 0.6 is 0 Å². The first-order valence-corrected chi connectivity index (χ1v) is 2.71. The minimum Gasteiger partial charge on any atom is -0.493 e. The van der Waals surface area contributed by atoms with Gasteiger partial charge in [0.25, 0.3) is 5.78 Å². The third-order valence-electron chi connectivity index (χ3n) is 1.15. The standard InChI is InChI=1S/C5H4N4O/c10-4-1-2-9-3-6-8-5(9)7-4/h1-3H,(H,7,8,10). The molecule has 1 N–H and O–H groups in total. The lowest BCUT2D eigenvalue weighted by molar-refractivity contribution is 0.453. The van der Waals surface area contributed by atoms with Crippen LogP contribution in [0.4, 0.5) is 0 Å². The number of aromatic nitrogens is 4. The smallest absolute Gasteiger partial charge is 0.258 e. The van der Waals surface area contributed by atoms with E-state index in [-0.39, 0.29) is 5.88 Å².